The second-order valence-corrected chi connectivity index (χ2v) is 6.19. The molecule has 0 saturated carbocycles. The van der Waals surface area contributed by atoms with Gasteiger partial charge in [0.2, 0.25) is 0 Å². The molecule has 1 aromatic heterocycles. The molecule has 1 unspecified atom stereocenters. The maximum Gasteiger partial charge on any atom is 0.0483 e. The zero-order valence-electron chi connectivity index (χ0n) is 14.1. The van der Waals surface area contributed by atoms with Crippen molar-refractivity contribution in [1.29, 1.82) is 0 Å². The number of fused-ring (bicyclic) bond motifs is 1. The number of nitrogens with zero attached hydrogens (tertiary/aromatic N) is 1. The molecular formula is C21H26N2. The van der Waals surface area contributed by atoms with Crippen LogP contribution in [0.3, 0.4) is 0 Å². The molecule has 2 heteroatoms. The summed E-state index contributed by atoms with van der Waals surface area (Å²) in [5.41, 5.74) is 11.6. The Bertz CT molecular complexity index is 768. The molecule has 2 aromatic carbocycles. The summed E-state index contributed by atoms with van der Waals surface area (Å²) in [6.45, 7) is 6.05. The highest BCUT2D eigenvalue weighted by Crippen LogP contribution is 2.29. The van der Waals surface area contributed by atoms with Crippen molar-refractivity contribution in [1.82, 2.24) is 4.57 Å². The van der Waals surface area contributed by atoms with Gasteiger partial charge in [0, 0.05) is 29.6 Å². The smallest absolute Gasteiger partial charge is 0.0483 e. The molecule has 0 aliphatic carbocycles. The average molecular weight is 306 g/mol. The van der Waals surface area contributed by atoms with Crippen LogP contribution < -0.4 is 5.73 Å². The lowest BCUT2D eigenvalue weighted by Gasteiger charge is -2.15. The number of aromatic nitrogens is 1. The van der Waals surface area contributed by atoms with Crippen molar-refractivity contribution in [3.05, 3.63) is 71.4 Å². The van der Waals surface area contributed by atoms with Crippen molar-refractivity contribution in [2.24, 2.45) is 5.73 Å². The molecule has 0 aliphatic rings. The molecular weight excluding hydrogens is 280 g/mol. The fourth-order valence-corrected chi connectivity index (χ4v) is 3.38. The maximum absolute atomic E-state index is 6.14. The van der Waals surface area contributed by atoms with E-state index in [4.69, 9.17) is 5.73 Å². The van der Waals surface area contributed by atoms with E-state index in [1.54, 1.807) is 0 Å². The van der Waals surface area contributed by atoms with Gasteiger partial charge in [0.25, 0.3) is 0 Å². The van der Waals surface area contributed by atoms with Gasteiger partial charge >= 0.3 is 0 Å². The van der Waals surface area contributed by atoms with E-state index in [1.807, 2.05) is 0 Å². The Hall–Kier alpha value is -2.06. The number of para-hydroxylation sites is 1. The third kappa shape index (κ3) is 3.18. The Morgan fingerprint density at radius 1 is 0.957 bits per heavy atom. The van der Waals surface area contributed by atoms with Gasteiger partial charge in [0.1, 0.15) is 0 Å². The molecule has 0 radical (unpaired) electrons. The molecule has 2 N–H and O–H groups in total. The second kappa shape index (κ2) is 7.01. The van der Waals surface area contributed by atoms with Crippen LogP contribution in [0.2, 0.25) is 0 Å². The van der Waals surface area contributed by atoms with Gasteiger partial charge < -0.3 is 10.3 Å². The highest BCUT2D eigenvalue weighted by molar-refractivity contribution is 5.84. The Labute approximate surface area is 138 Å². The monoisotopic (exact) mass is 306 g/mol. The molecule has 0 amide bonds. The summed E-state index contributed by atoms with van der Waals surface area (Å²) in [5.74, 6) is 0.361. The van der Waals surface area contributed by atoms with Gasteiger partial charge in [-0.05, 0) is 49.1 Å². The molecule has 0 fully saturated rings. The van der Waals surface area contributed by atoms with Crippen molar-refractivity contribution in [3.63, 3.8) is 0 Å². The summed E-state index contributed by atoms with van der Waals surface area (Å²) in [7, 11) is 0. The summed E-state index contributed by atoms with van der Waals surface area (Å²) < 4.78 is 2.33. The summed E-state index contributed by atoms with van der Waals surface area (Å²) in [4.78, 5) is 0. The van der Waals surface area contributed by atoms with Gasteiger partial charge in [0.05, 0.1) is 0 Å². The summed E-state index contributed by atoms with van der Waals surface area (Å²) in [5, 5.41) is 1.34. The summed E-state index contributed by atoms with van der Waals surface area (Å²) in [6, 6.07) is 17.6. The van der Waals surface area contributed by atoms with Gasteiger partial charge in [-0.3, -0.25) is 0 Å². The van der Waals surface area contributed by atoms with Crippen LogP contribution in [-0.2, 0) is 19.4 Å². The number of hydrogen-bond acceptors (Lipinski definition) is 1. The molecule has 2 nitrogen and oxygen atoms in total. The number of rotatable bonds is 6. The molecule has 120 valence electrons. The van der Waals surface area contributed by atoms with Crippen LogP contribution in [0.1, 0.15) is 36.5 Å². The minimum Gasteiger partial charge on any atom is -0.347 e. The third-order valence-corrected chi connectivity index (χ3v) is 4.80. The van der Waals surface area contributed by atoms with Gasteiger partial charge in [0.15, 0.2) is 0 Å². The minimum atomic E-state index is 0.361. The summed E-state index contributed by atoms with van der Waals surface area (Å²) >= 11 is 0. The molecule has 3 rings (SSSR count). The molecule has 0 bridgehead atoms. The Kier molecular flexibility index (Phi) is 4.82. The first-order valence-corrected chi connectivity index (χ1v) is 8.62. The Balaban J connectivity index is 1.94. The van der Waals surface area contributed by atoms with Crippen LogP contribution in [0.15, 0.2) is 54.7 Å². The normalized spacial score (nSPS) is 12.7. The molecule has 1 heterocycles. The van der Waals surface area contributed by atoms with E-state index in [2.05, 4.69) is 73.1 Å². The largest absolute Gasteiger partial charge is 0.347 e. The van der Waals surface area contributed by atoms with E-state index in [0.717, 1.165) is 19.4 Å². The van der Waals surface area contributed by atoms with E-state index < -0.39 is 0 Å². The topological polar surface area (TPSA) is 30.9 Å². The lowest BCUT2D eigenvalue weighted by molar-refractivity contribution is 0.690. The van der Waals surface area contributed by atoms with E-state index in [1.165, 1.54) is 27.6 Å². The molecule has 0 saturated heterocycles. The average Bonchev–Trinajstić information content (AvgIpc) is 2.99. The first kappa shape index (κ1) is 15.8. The molecule has 0 spiro atoms. The lowest BCUT2D eigenvalue weighted by Crippen LogP contribution is -2.15. The van der Waals surface area contributed by atoms with Crippen molar-refractivity contribution < 1.29 is 0 Å². The van der Waals surface area contributed by atoms with Crippen LogP contribution >= 0.6 is 0 Å². The maximum atomic E-state index is 6.14. The summed E-state index contributed by atoms with van der Waals surface area (Å²) in [6.07, 6.45) is 4.38. The van der Waals surface area contributed by atoms with Crippen LogP contribution in [0.4, 0.5) is 0 Å². The fraction of sp³-hybridized carbons (Fsp3) is 0.333. The number of benzene rings is 2. The van der Waals surface area contributed by atoms with Crippen LogP contribution in [-0.4, -0.2) is 11.1 Å². The number of aryl methyl sites for hydroxylation is 2. The number of nitrogens with two attached hydrogens (primary N) is 1. The van der Waals surface area contributed by atoms with Crippen LogP contribution in [0.25, 0.3) is 10.9 Å². The highest BCUT2D eigenvalue weighted by Gasteiger charge is 2.17. The van der Waals surface area contributed by atoms with Crippen LogP contribution in [0.5, 0.6) is 0 Å². The molecule has 3 aromatic rings. The zero-order valence-corrected chi connectivity index (χ0v) is 14.1. The first-order chi connectivity index (χ1) is 11.3. The minimum absolute atomic E-state index is 0.361. The Morgan fingerprint density at radius 3 is 2.30 bits per heavy atom. The van der Waals surface area contributed by atoms with Gasteiger partial charge in [-0.25, -0.2) is 0 Å². The predicted octanol–water partition coefficient (Wildman–Crippen LogP) is 4.51. The SMILES string of the molecule is CCc1ccc(CC(CN)c2cn(CC)c3ccccc23)cc1. The molecule has 23 heavy (non-hydrogen) atoms. The first-order valence-electron chi connectivity index (χ1n) is 8.62. The van der Waals surface area contributed by atoms with Crippen molar-refractivity contribution >= 4 is 10.9 Å². The van der Waals surface area contributed by atoms with Crippen molar-refractivity contribution in [2.75, 3.05) is 6.54 Å². The molecule has 1 atom stereocenters. The lowest BCUT2D eigenvalue weighted by atomic mass is 9.91. The van der Waals surface area contributed by atoms with E-state index in [-0.39, 0.29) is 0 Å². The fourth-order valence-electron chi connectivity index (χ4n) is 3.38. The quantitative estimate of drug-likeness (QED) is 0.714. The Morgan fingerprint density at radius 2 is 1.65 bits per heavy atom. The standard InChI is InChI=1S/C21H26N2/c1-3-16-9-11-17(12-10-16)13-18(14-22)20-15-23(4-2)21-8-6-5-7-19(20)21/h5-12,15,18H,3-4,13-14,22H2,1-2H3. The predicted molar refractivity (Wildman–Crippen MR) is 98.9 cm³/mol. The van der Waals surface area contributed by atoms with E-state index in [0.29, 0.717) is 12.5 Å². The van der Waals surface area contributed by atoms with Gasteiger partial charge in [-0.2, -0.15) is 0 Å². The van der Waals surface area contributed by atoms with Crippen LogP contribution in [0, 0.1) is 0 Å². The molecule has 0 aliphatic heterocycles. The van der Waals surface area contributed by atoms with Gasteiger partial charge in [-0.15, -0.1) is 0 Å². The zero-order chi connectivity index (χ0) is 16.2. The van der Waals surface area contributed by atoms with Crippen molar-refractivity contribution in [3.8, 4) is 0 Å². The number of hydrogen-bond donors (Lipinski definition) is 1. The second-order valence-electron chi connectivity index (χ2n) is 6.19. The van der Waals surface area contributed by atoms with E-state index >= 15 is 0 Å². The third-order valence-electron chi connectivity index (χ3n) is 4.80. The van der Waals surface area contributed by atoms with Crippen molar-refractivity contribution in [2.45, 2.75) is 39.2 Å². The van der Waals surface area contributed by atoms with Gasteiger partial charge in [-0.1, -0.05) is 49.4 Å². The highest BCUT2D eigenvalue weighted by atomic mass is 14.9. The van der Waals surface area contributed by atoms with E-state index in [9.17, 15) is 0 Å².